The first-order valence-corrected chi connectivity index (χ1v) is 9.16. The summed E-state index contributed by atoms with van der Waals surface area (Å²) in [7, 11) is 3.31. The molecule has 0 atom stereocenters. The lowest BCUT2D eigenvalue weighted by Gasteiger charge is -2.15. The highest BCUT2D eigenvalue weighted by Gasteiger charge is 2.17. The Morgan fingerprint density at radius 1 is 1.18 bits per heavy atom. The molecule has 0 aliphatic rings. The zero-order valence-corrected chi connectivity index (χ0v) is 16.5. The Kier molecular flexibility index (Phi) is 6.55. The molecule has 146 valence electrons. The fourth-order valence-corrected chi connectivity index (χ4v) is 2.82. The summed E-state index contributed by atoms with van der Waals surface area (Å²) in [6, 6.07) is 16.7. The SMILES string of the molecule is COc1ccc(OCc2cc(C(=O)N(C)CCc3ccccc3)no2)c(Cl)c1. The van der Waals surface area contributed by atoms with E-state index in [1.54, 1.807) is 43.3 Å². The Hall–Kier alpha value is -2.99. The molecule has 0 aliphatic carbocycles. The van der Waals surface area contributed by atoms with Gasteiger partial charge in [0.1, 0.15) is 18.1 Å². The first-order chi connectivity index (χ1) is 13.6. The number of ether oxygens (including phenoxy) is 2. The topological polar surface area (TPSA) is 64.8 Å². The van der Waals surface area contributed by atoms with Gasteiger partial charge in [-0.2, -0.15) is 0 Å². The summed E-state index contributed by atoms with van der Waals surface area (Å²) >= 11 is 6.14. The van der Waals surface area contributed by atoms with E-state index in [4.69, 9.17) is 25.6 Å². The molecular formula is C21H21ClN2O4. The van der Waals surface area contributed by atoms with E-state index in [1.165, 1.54) is 5.56 Å². The van der Waals surface area contributed by atoms with Crippen LogP contribution in [-0.2, 0) is 13.0 Å². The van der Waals surface area contributed by atoms with E-state index in [-0.39, 0.29) is 18.2 Å². The average Bonchev–Trinajstić information content (AvgIpc) is 3.20. The summed E-state index contributed by atoms with van der Waals surface area (Å²) in [6.45, 7) is 0.697. The van der Waals surface area contributed by atoms with Crippen molar-refractivity contribution >= 4 is 17.5 Å². The van der Waals surface area contributed by atoms with Crippen molar-refractivity contribution in [2.45, 2.75) is 13.0 Å². The highest BCUT2D eigenvalue weighted by Crippen LogP contribution is 2.29. The molecule has 0 bridgehead atoms. The third-order valence-corrected chi connectivity index (χ3v) is 4.51. The van der Waals surface area contributed by atoms with E-state index < -0.39 is 0 Å². The van der Waals surface area contributed by atoms with E-state index in [1.807, 2.05) is 30.3 Å². The number of nitrogens with zero attached hydrogens (tertiary/aromatic N) is 2. The molecule has 0 radical (unpaired) electrons. The molecule has 3 rings (SSSR count). The van der Waals surface area contributed by atoms with Crippen molar-refractivity contribution in [1.82, 2.24) is 10.1 Å². The number of carbonyl (C=O) groups excluding carboxylic acids is 1. The summed E-state index contributed by atoms with van der Waals surface area (Å²) in [5.74, 6) is 1.37. The predicted octanol–water partition coefficient (Wildman–Crippen LogP) is 4.23. The van der Waals surface area contributed by atoms with E-state index in [9.17, 15) is 4.79 Å². The van der Waals surface area contributed by atoms with E-state index in [0.717, 1.165) is 6.42 Å². The molecule has 1 amide bonds. The van der Waals surface area contributed by atoms with Gasteiger partial charge in [-0.15, -0.1) is 0 Å². The quantitative estimate of drug-likeness (QED) is 0.566. The number of methoxy groups -OCH3 is 1. The minimum Gasteiger partial charge on any atom is -0.497 e. The van der Waals surface area contributed by atoms with Crippen molar-refractivity contribution in [2.75, 3.05) is 20.7 Å². The van der Waals surface area contributed by atoms with Crippen LogP contribution in [-0.4, -0.2) is 36.7 Å². The average molecular weight is 401 g/mol. The lowest BCUT2D eigenvalue weighted by atomic mass is 10.1. The van der Waals surface area contributed by atoms with Gasteiger partial charge in [-0.3, -0.25) is 4.79 Å². The smallest absolute Gasteiger partial charge is 0.275 e. The minimum absolute atomic E-state index is 0.111. The summed E-state index contributed by atoms with van der Waals surface area (Å²) in [5, 5.41) is 4.28. The molecule has 28 heavy (non-hydrogen) atoms. The van der Waals surface area contributed by atoms with Gasteiger partial charge in [-0.25, -0.2) is 0 Å². The van der Waals surface area contributed by atoms with Gasteiger partial charge >= 0.3 is 0 Å². The Balaban J connectivity index is 1.54. The highest BCUT2D eigenvalue weighted by atomic mass is 35.5. The van der Waals surface area contributed by atoms with Crippen LogP contribution in [0.25, 0.3) is 0 Å². The van der Waals surface area contributed by atoms with E-state index in [2.05, 4.69) is 5.16 Å². The molecule has 0 saturated carbocycles. The Morgan fingerprint density at radius 2 is 1.96 bits per heavy atom. The van der Waals surface area contributed by atoms with Crippen molar-refractivity contribution in [1.29, 1.82) is 0 Å². The normalized spacial score (nSPS) is 10.5. The van der Waals surface area contributed by atoms with E-state index in [0.29, 0.717) is 28.8 Å². The molecule has 0 unspecified atom stereocenters. The maximum Gasteiger partial charge on any atom is 0.275 e. The van der Waals surface area contributed by atoms with Gasteiger partial charge in [0.2, 0.25) is 0 Å². The maximum absolute atomic E-state index is 12.5. The molecule has 0 aliphatic heterocycles. The van der Waals surface area contributed by atoms with Crippen LogP contribution >= 0.6 is 11.6 Å². The number of hydrogen-bond donors (Lipinski definition) is 0. The molecule has 0 spiro atoms. The summed E-state index contributed by atoms with van der Waals surface area (Å²) in [5.41, 5.74) is 1.42. The Morgan fingerprint density at radius 3 is 2.68 bits per heavy atom. The molecule has 1 aromatic heterocycles. The van der Waals surface area contributed by atoms with Crippen LogP contribution in [0, 0.1) is 0 Å². The molecular weight excluding hydrogens is 380 g/mol. The summed E-state index contributed by atoms with van der Waals surface area (Å²) in [6.07, 6.45) is 0.771. The van der Waals surface area contributed by atoms with Crippen molar-refractivity contribution in [3.63, 3.8) is 0 Å². The molecule has 2 aromatic carbocycles. The fraction of sp³-hybridized carbons (Fsp3) is 0.238. The van der Waals surface area contributed by atoms with Gasteiger partial charge in [0.25, 0.3) is 5.91 Å². The maximum atomic E-state index is 12.5. The van der Waals surface area contributed by atoms with Gasteiger partial charge in [-0.1, -0.05) is 47.1 Å². The molecule has 0 saturated heterocycles. The number of hydrogen-bond acceptors (Lipinski definition) is 5. The number of carbonyl (C=O) groups is 1. The second-order valence-corrected chi connectivity index (χ2v) is 6.63. The number of benzene rings is 2. The molecule has 6 nitrogen and oxygen atoms in total. The second kappa shape index (κ2) is 9.28. The van der Waals surface area contributed by atoms with Gasteiger partial charge in [0.15, 0.2) is 11.5 Å². The minimum atomic E-state index is -0.201. The van der Waals surface area contributed by atoms with Crippen LogP contribution in [0.5, 0.6) is 11.5 Å². The zero-order valence-electron chi connectivity index (χ0n) is 15.7. The first kappa shape index (κ1) is 19.8. The Bertz CT molecular complexity index is 927. The van der Waals surface area contributed by atoms with E-state index >= 15 is 0 Å². The van der Waals surface area contributed by atoms with Crippen molar-refractivity contribution in [2.24, 2.45) is 0 Å². The van der Waals surface area contributed by atoms with Crippen LogP contribution in [0.2, 0.25) is 5.02 Å². The van der Waals surface area contributed by atoms with Gasteiger partial charge in [0, 0.05) is 25.7 Å². The molecule has 0 fully saturated rings. The van der Waals surface area contributed by atoms with Crippen molar-refractivity contribution < 1.29 is 18.8 Å². The van der Waals surface area contributed by atoms with Gasteiger partial charge in [0.05, 0.1) is 12.1 Å². The highest BCUT2D eigenvalue weighted by molar-refractivity contribution is 6.32. The van der Waals surface area contributed by atoms with Crippen LogP contribution in [0.15, 0.2) is 59.1 Å². The summed E-state index contributed by atoms with van der Waals surface area (Å²) < 4.78 is 16.0. The monoisotopic (exact) mass is 400 g/mol. The van der Waals surface area contributed by atoms with Crippen LogP contribution in [0.4, 0.5) is 0 Å². The predicted molar refractivity (Wildman–Crippen MR) is 106 cm³/mol. The number of rotatable bonds is 8. The zero-order chi connectivity index (χ0) is 19.9. The lowest BCUT2D eigenvalue weighted by Crippen LogP contribution is -2.29. The summed E-state index contributed by atoms with van der Waals surface area (Å²) in [4.78, 5) is 14.1. The number of amides is 1. The van der Waals surface area contributed by atoms with Crippen LogP contribution in [0.1, 0.15) is 21.8 Å². The third-order valence-electron chi connectivity index (χ3n) is 4.21. The van der Waals surface area contributed by atoms with Crippen molar-refractivity contribution in [3.05, 3.63) is 76.6 Å². The largest absolute Gasteiger partial charge is 0.497 e. The van der Waals surface area contributed by atoms with Gasteiger partial charge < -0.3 is 18.9 Å². The second-order valence-electron chi connectivity index (χ2n) is 6.23. The fourth-order valence-electron chi connectivity index (χ4n) is 2.59. The molecule has 3 aromatic rings. The Labute approximate surface area is 168 Å². The van der Waals surface area contributed by atoms with Crippen LogP contribution < -0.4 is 9.47 Å². The molecule has 1 heterocycles. The van der Waals surface area contributed by atoms with Crippen molar-refractivity contribution in [3.8, 4) is 11.5 Å². The van der Waals surface area contributed by atoms with Crippen LogP contribution in [0.3, 0.4) is 0 Å². The number of halogens is 1. The molecule has 7 heteroatoms. The number of aromatic nitrogens is 1. The third kappa shape index (κ3) is 5.04. The first-order valence-electron chi connectivity index (χ1n) is 8.78. The lowest BCUT2D eigenvalue weighted by molar-refractivity contribution is 0.0786. The number of likely N-dealkylation sites (N-methyl/N-ethyl adjacent to an activating group) is 1. The van der Waals surface area contributed by atoms with Gasteiger partial charge in [-0.05, 0) is 24.1 Å². The molecule has 0 N–H and O–H groups in total. The standard InChI is InChI=1S/C21H21ClN2O4/c1-24(11-10-15-6-4-3-5-7-15)21(25)19-13-17(28-23-19)14-27-20-9-8-16(26-2)12-18(20)22/h3-9,12-13H,10-11,14H2,1-2H3.